The van der Waals surface area contributed by atoms with Crippen molar-refractivity contribution in [3.05, 3.63) is 48.0 Å². The second-order valence-electron chi connectivity index (χ2n) is 3.35. The molecule has 0 bridgehead atoms. The first kappa shape index (κ1) is 8.56. The Hall–Kier alpha value is -1.74. The van der Waals surface area contributed by atoms with Crippen molar-refractivity contribution in [1.29, 1.82) is 0 Å². The predicted octanol–water partition coefficient (Wildman–Crippen LogP) is 3.74. The Morgan fingerprint density at radius 2 is 1.80 bits per heavy atom. The van der Waals surface area contributed by atoms with Crippen molar-refractivity contribution >= 4 is 11.3 Å². The van der Waals surface area contributed by atoms with Crippen LogP contribution in [0.15, 0.2) is 48.0 Å². The summed E-state index contributed by atoms with van der Waals surface area (Å²) < 4.78 is 0. The van der Waals surface area contributed by atoms with Gasteiger partial charge in [0, 0.05) is 6.20 Å². The molecule has 0 aliphatic heterocycles. The zero-order valence-electron chi connectivity index (χ0n) is 8.03. The Balaban J connectivity index is 2.02. The first-order valence-electron chi connectivity index (χ1n) is 4.80. The van der Waals surface area contributed by atoms with Crippen molar-refractivity contribution in [1.82, 2.24) is 9.97 Å². The van der Waals surface area contributed by atoms with Crippen LogP contribution >= 0.6 is 11.3 Å². The fourth-order valence-electron chi connectivity index (χ4n) is 1.63. The molecule has 0 aliphatic rings. The van der Waals surface area contributed by atoms with Crippen molar-refractivity contribution < 1.29 is 0 Å². The Kier molecular flexibility index (Phi) is 1.96. The van der Waals surface area contributed by atoms with Crippen LogP contribution in [-0.4, -0.2) is 9.97 Å². The van der Waals surface area contributed by atoms with Gasteiger partial charge < -0.3 is 9.97 Å². The Morgan fingerprint density at radius 1 is 0.867 bits per heavy atom. The molecular formula is C12H10N2S. The molecule has 0 unspecified atom stereocenters. The molecule has 2 nitrogen and oxygen atoms in total. The lowest BCUT2D eigenvalue weighted by atomic mass is 10.3. The van der Waals surface area contributed by atoms with Crippen molar-refractivity contribution in [2.45, 2.75) is 0 Å². The van der Waals surface area contributed by atoms with Gasteiger partial charge in [-0.05, 0) is 35.7 Å². The number of H-pyrrole nitrogens is 2. The van der Waals surface area contributed by atoms with E-state index in [4.69, 9.17) is 0 Å². The third kappa shape index (κ3) is 1.51. The number of aromatic amines is 2. The lowest BCUT2D eigenvalue weighted by Crippen LogP contribution is -1.76. The summed E-state index contributed by atoms with van der Waals surface area (Å²) in [5.41, 5.74) is 3.43. The molecular weight excluding hydrogens is 204 g/mol. The zero-order chi connectivity index (χ0) is 10.1. The Bertz CT molecular complexity index is 483. The maximum Gasteiger partial charge on any atom is 0.0624 e. The van der Waals surface area contributed by atoms with Crippen LogP contribution in [0.4, 0.5) is 0 Å². The minimum atomic E-state index is 1.12. The first-order chi connectivity index (χ1) is 7.43. The Morgan fingerprint density at radius 3 is 2.53 bits per heavy atom. The van der Waals surface area contributed by atoms with Crippen LogP contribution in [0, 0.1) is 0 Å². The summed E-state index contributed by atoms with van der Waals surface area (Å²) in [5.74, 6) is 0. The van der Waals surface area contributed by atoms with E-state index in [1.807, 2.05) is 12.3 Å². The summed E-state index contributed by atoms with van der Waals surface area (Å²) >= 11 is 1.75. The van der Waals surface area contributed by atoms with Gasteiger partial charge in [0.2, 0.25) is 0 Å². The van der Waals surface area contributed by atoms with Gasteiger partial charge in [0.05, 0.1) is 22.0 Å². The van der Waals surface area contributed by atoms with E-state index >= 15 is 0 Å². The lowest BCUT2D eigenvalue weighted by Gasteiger charge is -1.93. The van der Waals surface area contributed by atoms with Gasteiger partial charge in [0.25, 0.3) is 0 Å². The fourth-order valence-corrected chi connectivity index (χ4v) is 2.33. The molecule has 0 aromatic carbocycles. The SMILES string of the molecule is c1c[nH]c(-c2ccc(-c3cccs3)[nH]2)c1. The highest BCUT2D eigenvalue weighted by Gasteiger charge is 2.04. The molecule has 0 saturated heterocycles. The summed E-state index contributed by atoms with van der Waals surface area (Å²) in [4.78, 5) is 7.85. The van der Waals surface area contributed by atoms with E-state index in [1.54, 1.807) is 11.3 Å². The van der Waals surface area contributed by atoms with Crippen LogP contribution in [0.2, 0.25) is 0 Å². The number of hydrogen-bond donors (Lipinski definition) is 2. The first-order valence-corrected chi connectivity index (χ1v) is 5.68. The Labute approximate surface area is 91.6 Å². The summed E-state index contributed by atoms with van der Waals surface area (Å²) in [7, 11) is 0. The number of hydrogen-bond acceptors (Lipinski definition) is 1. The van der Waals surface area contributed by atoms with Crippen LogP contribution < -0.4 is 0 Å². The summed E-state index contributed by atoms with van der Waals surface area (Å²) in [6.07, 6.45) is 1.93. The maximum atomic E-state index is 3.40. The number of rotatable bonds is 2. The summed E-state index contributed by atoms with van der Waals surface area (Å²) in [5, 5.41) is 2.09. The normalized spacial score (nSPS) is 10.7. The highest BCUT2D eigenvalue weighted by atomic mass is 32.1. The third-order valence-corrected chi connectivity index (χ3v) is 3.26. The van der Waals surface area contributed by atoms with Crippen LogP contribution in [0.25, 0.3) is 22.0 Å². The van der Waals surface area contributed by atoms with Gasteiger partial charge in [-0.3, -0.25) is 0 Å². The van der Waals surface area contributed by atoms with Crippen molar-refractivity contribution in [2.75, 3.05) is 0 Å². The van der Waals surface area contributed by atoms with Crippen molar-refractivity contribution in [3.63, 3.8) is 0 Å². The quantitative estimate of drug-likeness (QED) is 0.651. The molecule has 0 amide bonds. The third-order valence-electron chi connectivity index (χ3n) is 2.36. The smallest absolute Gasteiger partial charge is 0.0624 e. The van der Waals surface area contributed by atoms with Gasteiger partial charge in [-0.15, -0.1) is 11.3 Å². The number of thiophene rings is 1. The minimum Gasteiger partial charge on any atom is -0.360 e. The predicted molar refractivity (Wildman–Crippen MR) is 63.9 cm³/mol. The minimum absolute atomic E-state index is 1.12. The van der Waals surface area contributed by atoms with Crippen LogP contribution in [-0.2, 0) is 0 Å². The molecule has 3 heteroatoms. The van der Waals surface area contributed by atoms with Crippen molar-refractivity contribution in [2.24, 2.45) is 0 Å². The van der Waals surface area contributed by atoms with E-state index in [-0.39, 0.29) is 0 Å². The molecule has 0 saturated carbocycles. The van der Waals surface area contributed by atoms with Gasteiger partial charge >= 0.3 is 0 Å². The molecule has 3 aromatic rings. The second kappa shape index (κ2) is 3.44. The summed E-state index contributed by atoms with van der Waals surface area (Å²) in [6.45, 7) is 0. The number of nitrogens with one attached hydrogen (secondary N) is 2. The van der Waals surface area contributed by atoms with E-state index in [0.717, 1.165) is 11.4 Å². The largest absolute Gasteiger partial charge is 0.360 e. The van der Waals surface area contributed by atoms with Gasteiger partial charge in [-0.2, -0.15) is 0 Å². The summed E-state index contributed by atoms with van der Waals surface area (Å²) in [6, 6.07) is 12.5. The highest BCUT2D eigenvalue weighted by molar-refractivity contribution is 7.13. The molecule has 0 fully saturated rings. The highest BCUT2D eigenvalue weighted by Crippen LogP contribution is 2.26. The average Bonchev–Trinajstić information content (AvgIpc) is 3.02. The molecule has 0 spiro atoms. The van der Waals surface area contributed by atoms with Crippen LogP contribution in [0.3, 0.4) is 0 Å². The topological polar surface area (TPSA) is 31.6 Å². The molecule has 0 radical (unpaired) electrons. The second-order valence-corrected chi connectivity index (χ2v) is 4.29. The van der Waals surface area contributed by atoms with Gasteiger partial charge in [0.1, 0.15) is 0 Å². The van der Waals surface area contributed by atoms with Gasteiger partial charge in [-0.25, -0.2) is 0 Å². The monoisotopic (exact) mass is 214 g/mol. The standard InChI is InChI=1S/C12H10N2S/c1-3-9(13-7-1)10-5-6-11(14-10)12-4-2-8-15-12/h1-8,13-14H. The van der Waals surface area contributed by atoms with Gasteiger partial charge in [-0.1, -0.05) is 6.07 Å². The van der Waals surface area contributed by atoms with Gasteiger partial charge in [0.15, 0.2) is 0 Å². The van der Waals surface area contributed by atoms with Crippen molar-refractivity contribution in [3.8, 4) is 22.0 Å². The molecule has 3 aromatic heterocycles. The van der Waals surface area contributed by atoms with Crippen LogP contribution in [0.1, 0.15) is 0 Å². The molecule has 3 rings (SSSR count). The molecule has 74 valence electrons. The molecule has 0 aliphatic carbocycles. The van der Waals surface area contributed by atoms with Crippen LogP contribution in [0.5, 0.6) is 0 Å². The van der Waals surface area contributed by atoms with E-state index < -0.39 is 0 Å². The zero-order valence-corrected chi connectivity index (χ0v) is 8.84. The van der Waals surface area contributed by atoms with E-state index in [0.29, 0.717) is 0 Å². The number of aromatic nitrogens is 2. The molecule has 0 atom stereocenters. The van der Waals surface area contributed by atoms with E-state index in [2.05, 4.69) is 45.7 Å². The molecule has 2 N–H and O–H groups in total. The molecule has 3 heterocycles. The average molecular weight is 214 g/mol. The fraction of sp³-hybridized carbons (Fsp3) is 0. The van der Waals surface area contributed by atoms with E-state index in [9.17, 15) is 0 Å². The lowest BCUT2D eigenvalue weighted by molar-refractivity contribution is 1.33. The molecule has 15 heavy (non-hydrogen) atoms. The van der Waals surface area contributed by atoms with E-state index in [1.165, 1.54) is 10.6 Å². The maximum absolute atomic E-state index is 3.40.